The van der Waals surface area contributed by atoms with Crippen molar-refractivity contribution in [2.75, 3.05) is 5.32 Å². The standard InChI is InChI=1S/C25H25N5O2/c1-17(2)18-8-10-19(11-9-18)24-27-23(30(28-24)22-6-4-3-5-7-22)16-26-21-14-12-20(13-15-21)25(31)29-32/h3-15,17,26,32H,16H2,1-2H3,(H,29,31). The highest BCUT2D eigenvalue weighted by Gasteiger charge is 2.14. The molecular weight excluding hydrogens is 402 g/mol. The van der Waals surface area contributed by atoms with Crippen LogP contribution < -0.4 is 10.8 Å². The van der Waals surface area contributed by atoms with Crippen LogP contribution in [0.4, 0.5) is 5.69 Å². The molecule has 0 radical (unpaired) electrons. The van der Waals surface area contributed by atoms with Crippen molar-refractivity contribution in [2.45, 2.75) is 26.3 Å². The summed E-state index contributed by atoms with van der Waals surface area (Å²) in [4.78, 5) is 16.3. The van der Waals surface area contributed by atoms with Gasteiger partial charge in [0, 0.05) is 16.8 Å². The minimum Gasteiger partial charge on any atom is -0.378 e. The molecule has 32 heavy (non-hydrogen) atoms. The third-order valence-electron chi connectivity index (χ3n) is 5.21. The van der Waals surface area contributed by atoms with Crippen molar-refractivity contribution in [3.05, 3.63) is 95.8 Å². The largest absolute Gasteiger partial charge is 0.378 e. The van der Waals surface area contributed by atoms with Gasteiger partial charge in [0.1, 0.15) is 0 Å². The van der Waals surface area contributed by atoms with E-state index in [1.165, 1.54) is 5.56 Å². The van der Waals surface area contributed by atoms with Gasteiger partial charge in [0.15, 0.2) is 11.6 Å². The van der Waals surface area contributed by atoms with Gasteiger partial charge in [0.25, 0.3) is 5.91 Å². The Bertz CT molecular complexity index is 1180. The van der Waals surface area contributed by atoms with E-state index in [1.54, 1.807) is 29.7 Å². The number of anilines is 1. The number of nitrogens with one attached hydrogen (secondary N) is 2. The number of para-hydroxylation sites is 1. The molecule has 3 N–H and O–H groups in total. The Morgan fingerprint density at radius 2 is 1.66 bits per heavy atom. The summed E-state index contributed by atoms with van der Waals surface area (Å²) < 4.78 is 1.84. The molecular formula is C25H25N5O2. The minimum absolute atomic E-state index is 0.373. The molecule has 0 atom stereocenters. The fraction of sp³-hybridized carbons (Fsp3) is 0.160. The molecule has 4 rings (SSSR count). The highest BCUT2D eigenvalue weighted by atomic mass is 16.5. The molecule has 0 aliphatic rings. The van der Waals surface area contributed by atoms with E-state index in [-0.39, 0.29) is 0 Å². The maximum atomic E-state index is 11.5. The zero-order valence-corrected chi connectivity index (χ0v) is 18.0. The number of rotatable bonds is 7. The summed E-state index contributed by atoms with van der Waals surface area (Å²) in [6, 6.07) is 25.1. The highest BCUT2D eigenvalue weighted by molar-refractivity contribution is 5.93. The average Bonchev–Trinajstić information content (AvgIpc) is 3.27. The number of hydroxylamine groups is 1. The maximum Gasteiger partial charge on any atom is 0.274 e. The molecule has 0 bridgehead atoms. The van der Waals surface area contributed by atoms with E-state index in [0.29, 0.717) is 23.9 Å². The molecule has 0 unspecified atom stereocenters. The molecule has 3 aromatic carbocycles. The molecule has 1 heterocycles. The molecule has 0 aliphatic heterocycles. The predicted octanol–water partition coefficient (Wildman–Crippen LogP) is 4.79. The zero-order chi connectivity index (χ0) is 22.5. The van der Waals surface area contributed by atoms with Crippen LogP contribution in [-0.4, -0.2) is 25.9 Å². The van der Waals surface area contributed by atoms with Crippen molar-refractivity contribution < 1.29 is 10.0 Å². The molecule has 0 saturated carbocycles. The normalized spacial score (nSPS) is 10.9. The van der Waals surface area contributed by atoms with Crippen molar-refractivity contribution in [2.24, 2.45) is 0 Å². The van der Waals surface area contributed by atoms with Crippen molar-refractivity contribution in [1.29, 1.82) is 0 Å². The lowest BCUT2D eigenvalue weighted by Crippen LogP contribution is -2.18. The van der Waals surface area contributed by atoms with E-state index >= 15 is 0 Å². The molecule has 0 fully saturated rings. The first-order valence-corrected chi connectivity index (χ1v) is 10.4. The molecule has 4 aromatic rings. The van der Waals surface area contributed by atoms with Gasteiger partial charge >= 0.3 is 0 Å². The number of hydrogen-bond acceptors (Lipinski definition) is 5. The Morgan fingerprint density at radius 1 is 0.969 bits per heavy atom. The number of amides is 1. The number of aromatic nitrogens is 3. The monoisotopic (exact) mass is 427 g/mol. The van der Waals surface area contributed by atoms with E-state index in [0.717, 1.165) is 22.8 Å². The van der Waals surface area contributed by atoms with Crippen LogP contribution in [0.3, 0.4) is 0 Å². The first-order valence-electron chi connectivity index (χ1n) is 10.4. The van der Waals surface area contributed by atoms with Crippen molar-refractivity contribution >= 4 is 11.6 Å². The first-order chi connectivity index (χ1) is 15.5. The highest BCUT2D eigenvalue weighted by Crippen LogP contribution is 2.22. The van der Waals surface area contributed by atoms with Crippen LogP contribution in [0.5, 0.6) is 0 Å². The quantitative estimate of drug-likeness (QED) is 0.291. The van der Waals surface area contributed by atoms with Crippen LogP contribution in [-0.2, 0) is 6.54 Å². The Balaban J connectivity index is 1.61. The summed E-state index contributed by atoms with van der Waals surface area (Å²) in [6.45, 7) is 4.78. The molecule has 1 aromatic heterocycles. The molecule has 7 heteroatoms. The van der Waals surface area contributed by atoms with Crippen LogP contribution >= 0.6 is 0 Å². The fourth-order valence-electron chi connectivity index (χ4n) is 3.36. The summed E-state index contributed by atoms with van der Waals surface area (Å²) in [7, 11) is 0. The number of carbonyl (C=O) groups excluding carboxylic acids is 1. The predicted molar refractivity (Wildman–Crippen MR) is 124 cm³/mol. The molecule has 1 amide bonds. The van der Waals surface area contributed by atoms with Gasteiger partial charge in [-0.3, -0.25) is 10.0 Å². The van der Waals surface area contributed by atoms with Crippen molar-refractivity contribution in [1.82, 2.24) is 20.2 Å². The fourth-order valence-corrected chi connectivity index (χ4v) is 3.36. The van der Waals surface area contributed by atoms with Gasteiger partial charge in [-0.2, -0.15) is 0 Å². The summed E-state index contributed by atoms with van der Waals surface area (Å²) in [5, 5.41) is 16.9. The lowest BCUT2D eigenvalue weighted by Gasteiger charge is -2.08. The maximum absolute atomic E-state index is 11.5. The van der Waals surface area contributed by atoms with Crippen LogP contribution in [0.25, 0.3) is 17.1 Å². The lowest BCUT2D eigenvalue weighted by atomic mass is 10.0. The van der Waals surface area contributed by atoms with Crippen LogP contribution in [0, 0.1) is 0 Å². The minimum atomic E-state index is -0.548. The number of carbonyl (C=O) groups is 1. The number of nitrogens with zero attached hydrogens (tertiary/aromatic N) is 3. The van der Waals surface area contributed by atoms with E-state index < -0.39 is 5.91 Å². The SMILES string of the molecule is CC(C)c1ccc(-c2nc(CNc3ccc(C(=O)NO)cc3)n(-c3ccccc3)n2)cc1. The summed E-state index contributed by atoms with van der Waals surface area (Å²) in [5.74, 6) is 1.34. The lowest BCUT2D eigenvalue weighted by molar-refractivity contribution is 0.0706. The van der Waals surface area contributed by atoms with Crippen molar-refractivity contribution in [3.8, 4) is 17.1 Å². The van der Waals surface area contributed by atoms with Gasteiger partial charge in [-0.05, 0) is 47.9 Å². The van der Waals surface area contributed by atoms with Gasteiger partial charge in [0.05, 0.1) is 12.2 Å². The second kappa shape index (κ2) is 9.45. The average molecular weight is 428 g/mol. The summed E-state index contributed by atoms with van der Waals surface area (Å²) in [6.07, 6.45) is 0. The second-order valence-corrected chi connectivity index (χ2v) is 7.75. The van der Waals surface area contributed by atoms with Crippen LogP contribution in [0.2, 0.25) is 0 Å². The van der Waals surface area contributed by atoms with E-state index in [1.807, 2.05) is 35.0 Å². The van der Waals surface area contributed by atoms with Gasteiger partial charge < -0.3 is 5.32 Å². The Hall–Kier alpha value is -3.97. The molecule has 162 valence electrons. The van der Waals surface area contributed by atoms with Gasteiger partial charge in [-0.15, -0.1) is 5.10 Å². The molecule has 0 spiro atoms. The third-order valence-corrected chi connectivity index (χ3v) is 5.21. The van der Waals surface area contributed by atoms with E-state index in [9.17, 15) is 4.79 Å². The van der Waals surface area contributed by atoms with Crippen molar-refractivity contribution in [3.63, 3.8) is 0 Å². The summed E-state index contributed by atoms with van der Waals surface area (Å²) in [5.41, 5.74) is 5.99. The van der Waals surface area contributed by atoms with Gasteiger partial charge in [0.2, 0.25) is 0 Å². The molecule has 0 aliphatic carbocycles. The van der Waals surface area contributed by atoms with Crippen LogP contribution in [0.1, 0.15) is 41.5 Å². The second-order valence-electron chi connectivity index (χ2n) is 7.75. The first kappa shape index (κ1) is 21.3. The Morgan fingerprint density at radius 3 is 2.28 bits per heavy atom. The Kier molecular flexibility index (Phi) is 6.28. The summed E-state index contributed by atoms with van der Waals surface area (Å²) >= 11 is 0. The van der Waals surface area contributed by atoms with E-state index in [4.69, 9.17) is 15.3 Å². The third kappa shape index (κ3) is 4.68. The molecule has 7 nitrogen and oxygen atoms in total. The topological polar surface area (TPSA) is 92.1 Å². The molecule has 0 saturated heterocycles. The number of benzene rings is 3. The number of hydrogen-bond donors (Lipinski definition) is 3. The van der Waals surface area contributed by atoms with Crippen LogP contribution in [0.15, 0.2) is 78.9 Å². The van der Waals surface area contributed by atoms with Gasteiger partial charge in [-0.25, -0.2) is 15.1 Å². The van der Waals surface area contributed by atoms with Gasteiger partial charge in [-0.1, -0.05) is 56.3 Å². The van der Waals surface area contributed by atoms with E-state index in [2.05, 4.69) is 43.4 Å². The zero-order valence-electron chi connectivity index (χ0n) is 18.0. The smallest absolute Gasteiger partial charge is 0.274 e. The Labute approximate surface area is 186 Å².